The maximum atomic E-state index is 13.4. The summed E-state index contributed by atoms with van der Waals surface area (Å²) in [6.45, 7) is 3.63. The molecular formula is C23H21Cl2N5O3. The number of aromatic nitrogens is 2. The number of likely N-dealkylation sites (N-methyl/N-ethyl adjacent to an activating group) is 1. The Morgan fingerprint density at radius 1 is 1.15 bits per heavy atom. The number of hydrogen-bond donors (Lipinski definition) is 2. The Kier molecular flexibility index (Phi) is 6.40. The van der Waals surface area contributed by atoms with E-state index in [9.17, 15) is 9.59 Å². The van der Waals surface area contributed by atoms with Gasteiger partial charge < -0.3 is 15.5 Å². The van der Waals surface area contributed by atoms with Gasteiger partial charge in [-0.3, -0.25) is 9.59 Å². The molecule has 3 aromatic rings. The van der Waals surface area contributed by atoms with Gasteiger partial charge in [0.05, 0.1) is 27.8 Å². The summed E-state index contributed by atoms with van der Waals surface area (Å²) in [4.78, 5) is 30.6. The van der Waals surface area contributed by atoms with Crippen LogP contribution in [0, 0.1) is 13.8 Å². The fraction of sp³-hybridized carbons (Fsp3) is 0.217. The number of para-hydroxylation sites is 1. The maximum Gasteiger partial charge on any atom is 0.274 e. The van der Waals surface area contributed by atoms with Crippen LogP contribution in [0.3, 0.4) is 0 Å². The van der Waals surface area contributed by atoms with Crippen molar-refractivity contribution in [2.24, 2.45) is 5.16 Å². The van der Waals surface area contributed by atoms with Crippen molar-refractivity contribution in [1.29, 1.82) is 0 Å². The standard InChI is InChI=1S/C23H21Cl2N5O3/c1-12-8-14(24)10-15(17-11-20(33-29-17)23(32)26-3)21(12)27-22(31)19-9-13(2)28-30(19)18-7-5-4-6-16(18)25/h4-10,20H,11H2,1-3H3,(H,26,32)(H,27,31). The first kappa shape index (κ1) is 22.8. The Balaban J connectivity index is 1.70. The average Bonchev–Trinajstić information content (AvgIpc) is 3.42. The molecule has 0 aliphatic carbocycles. The Morgan fingerprint density at radius 3 is 2.64 bits per heavy atom. The summed E-state index contributed by atoms with van der Waals surface area (Å²) in [5.74, 6) is -0.665. The molecular weight excluding hydrogens is 465 g/mol. The van der Waals surface area contributed by atoms with Gasteiger partial charge in [-0.05, 0) is 49.7 Å². The molecule has 2 N–H and O–H groups in total. The molecule has 0 fully saturated rings. The number of oxime groups is 1. The fourth-order valence-electron chi connectivity index (χ4n) is 3.62. The number of carbonyl (C=O) groups is 2. The van der Waals surface area contributed by atoms with E-state index < -0.39 is 6.10 Å². The van der Waals surface area contributed by atoms with Gasteiger partial charge in [0, 0.05) is 24.1 Å². The molecule has 2 aromatic carbocycles. The predicted molar refractivity (Wildman–Crippen MR) is 128 cm³/mol. The van der Waals surface area contributed by atoms with Crippen LogP contribution in [0.15, 0.2) is 47.6 Å². The zero-order valence-corrected chi connectivity index (χ0v) is 19.7. The molecule has 1 unspecified atom stereocenters. The van der Waals surface area contributed by atoms with Crippen molar-refractivity contribution in [3.63, 3.8) is 0 Å². The fourth-order valence-corrected chi connectivity index (χ4v) is 4.11. The third kappa shape index (κ3) is 4.58. The summed E-state index contributed by atoms with van der Waals surface area (Å²) < 4.78 is 1.51. The van der Waals surface area contributed by atoms with Gasteiger partial charge in [-0.15, -0.1) is 0 Å². The van der Waals surface area contributed by atoms with Gasteiger partial charge in [0.15, 0.2) is 0 Å². The van der Waals surface area contributed by atoms with Gasteiger partial charge in [-0.2, -0.15) is 5.10 Å². The second-order valence-electron chi connectivity index (χ2n) is 7.58. The monoisotopic (exact) mass is 485 g/mol. The van der Waals surface area contributed by atoms with Crippen molar-refractivity contribution in [2.75, 3.05) is 12.4 Å². The minimum Gasteiger partial charge on any atom is -0.382 e. The lowest BCUT2D eigenvalue weighted by Crippen LogP contribution is -2.32. The van der Waals surface area contributed by atoms with Gasteiger partial charge in [0.2, 0.25) is 6.10 Å². The highest BCUT2D eigenvalue weighted by atomic mass is 35.5. The number of nitrogens with zero attached hydrogens (tertiary/aromatic N) is 3. The van der Waals surface area contributed by atoms with Crippen molar-refractivity contribution in [3.05, 3.63) is 75.0 Å². The number of halogens is 2. The van der Waals surface area contributed by atoms with Gasteiger partial charge in [0.25, 0.3) is 11.8 Å². The summed E-state index contributed by atoms with van der Waals surface area (Å²) in [6.07, 6.45) is -0.490. The molecule has 1 aromatic heterocycles. The number of anilines is 1. The quantitative estimate of drug-likeness (QED) is 0.563. The van der Waals surface area contributed by atoms with E-state index in [0.29, 0.717) is 44.1 Å². The van der Waals surface area contributed by atoms with Gasteiger partial charge in [0.1, 0.15) is 5.69 Å². The third-order valence-electron chi connectivity index (χ3n) is 5.20. The Hall–Kier alpha value is -3.36. The minimum atomic E-state index is -0.739. The molecule has 1 atom stereocenters. The topological polar surface area (TPSA) is 97.6 Å². The SMILES string of the molecule is CNC(=O)C1CC(c2cc(Cl)cc(C)c2NC(=O)c2cc(C)nn2-c2ccccc2Cl)=NO1. The first-order valence-corrected chi connectivity index (χ1v) is 10.9. The van der Waals surface area contributed by atoms with Crippen molar-refractivity contribution in [1.82, 2.24) is 15.1 Å². The van der Waals surface area contributed by atoms with E-state index in [4.69, 9.17) is 28.0 Å². The molecule has 2 amide bonds. The largest absolute Gasteiger partial charge is 0.382 e. The Bertz CT molecular complexity index is 1290. The van der Waals surface area contributed by atoms with Crippen LogP contribution in [0.5, 0.6) is 0 Å². The lowest BCUT2D eigenvalue weighted by Gasteiger charge is -2.15. The Labute approximate surface area is 200 Å². The lowest BCUT2D eigenvalue weighted by molar-refractivity contribution is -0.130. The smallest absolute Gasteiger partial charge is 0.274 e. The molecule has 10 heteroatoms. The first-order chi connectivity index (χ1) is 15.8. The molecule has 33 heavy (non-hydrogen) atoms. The van der Waals surface area contributed by atoms with Crippen LogP contribution in [-0.2, 0) is 9.63 Å². The molecule has 4 rings (SSSR count). The molecule has 8 nitrogen and oxygen atoms in total. The van der Waals surface area contributed by atoms with E-state index >= 15 is 0 Å². The number of aryl methyl sites for hydroxylation is 2. The molecule has 170 valence electrons. The first-order valence-electron chi connectivity index (χ1n) is 10.2. The van der Waals surface area contributed by atoms with E-state index in [0.717, 1.165) is 5.56 Å². The lowest BCUT2D eigenvalue weighted by atomic mass is 9.99. The molecule has 0 bridgehead atoms. The van der Waals surface area contributed by atoms with Crippen LogP contribution < -0.4 is 10.6 Å². The van der Waals surface area contributed by atoms with Gasteiger partial charge in [-0.25, -0.2) is 4.68 Å². The zero-order valence-electron chi connectivity index (χ0n) is 18.1. The highest BCUT2D eigenvalue weighted by Crippen LogP contribution is 2.31. The number of benzene rings is 2. The zero-order chi connectivity index (χ0) is 23.7. The predicted octanol–water partition coefficient (Wildman–Crippen LogP) is 4.29. The summed E-state index contributed by atoms with van der Waals surface area (Å²) in [5, 5.41) is 15.0. The second kappa shape index (κ2) is 9.25. The number of carbonyl (C=O) groups excluding carboxylic acids is 2. The average molecular weight is 486 g/mol. The van der Waals surface area contributed by atoms with Crippen molar-refractivity contribution < 1.29 is 14.4 Å². The molecule has 0 radical (unpaired) electrons. The molecule has 0 saturated heterocycles. The van der Waals surface area contributed by atoms with Crippen molar-refractivity contribution in [2.45, 2.75) is 26.4 Å². The van der Waals surface area contributed by atoms with Crippen molar-refractivity contribution in [3.8, 4) is 5.69 Å². The number of rotatable bonds is 5. The minimum absolute atomic E-state index is 0.249. The van der Waals surface area contributed by atoms with E-state index in [1.807, 2.05) is 19.1 Å². The maximum absolute atomic E-state index is 13.4. The van der Waals surface area contributed by atoms with Gasteiger partial charge >= 0.3 is 0 Å². The number of amides is 2. The van der Waals surface area contributed by atoms with Crippen LogP contribution >= 0.6 is 23.2 Å². The Morgan fingerprint density at radius 2 is 1.91 bits per heavy atom. The van der Waals surface area contributed by atoms with Crippen LogP contribution in [0.2, 0.25) is 10.0 Å². The molecule has 2 heterocycles. The van der Waals surface area contributed by atoms with Crippen LogP contribution in [-0.4, -0.2) is 40.5 Å². The molecule has 1 aliphatic rings. The molecule has 0 spiro atoms. The number of hydrogen-bond acceptors (Lipinski definition) is 5. The summed E-state index contributed by atoms with van der Waals surface area (Å²) in [7, 11) is 1.53. The normalized spacial score (nSPS) is 15.1. The second-order valence-corrected chi connectivity index (χ2v) is 8.43. The van der Waals surface area contributed by atoms with E-state index in [-0.39, 0.29) is 18.2 Å². The highest BCUT2D eigenvalue weighted by molar-refractivity contribution is 6.32. The highest BCUT2D eigenvalue weighted by Gasteiger charge is 2.30. The van der Waals surface area contributed by atoms with Crippen LogP contribution in [0.4, 0.5) is 5.69 Å². The third-order valence-corrected chi connectivity index (χ3v) is 5.74. The van der Waals surface area contributed by atoms with Crippen molar-refractivity contribution >= 4 is 46.4 Å². The van der Waals surface area contributed by atoms with E-state index in [1.165, 1.54) is 11.7 Å². The van der Waals surface area contributed by atoms with Crippen LogP contribution in [0.25, 0.3) is 5.69 Å². The summed E-state index contributed by atoms with van der Waals surface area (Å²) in [6, 6.07) is 12.3. The number of nitrogens with one attached hydrogen (secondary N) is 2. The van der Waals surface area contributed by atoms with E-state index in [1.54, 1.807) is 37.3 Å². The van der Waals surface area contributed by atoms with Crippen LogP contribution in [0.1, 0.15) is 33.7 Å². The molecule has 1 aliphatic heterocycles. The molecule has 0 saturated carbocycles. The van der Waals surface area contributed by atoms with Gasteiger partial charge in [-0.1, -0.05) is 40.5 Å². The summed E-state index contributed by atoms with van der Waals surface area (Å²) >= 11 is 12.6. The summed E-state index contributed by atoms with van der Waals surface area (Å²) in [5.41, 5.74) is 3.92. The van der Waals surface area contributed by atoms with E-state index in [2.05, 4.69) is 20.9 Å².